The van der Waals surface area contributed by atoms with E-state index in [0.717, 1.165) is 33.4 Å². The van der Waals surface area contributed by atoms with E-state index in [1.807, 2.05) is 0 Å². The van der Waals surface area contributed by atoms with E-state index < -0.39 is 22.8 Å². The predicted octanol–water partition coefficient (Wildman–Crippen LogP) is 22.2. The zero-order valence-electron chi connectivity index (χ0n) is 52.3. The molecule has 12 aromatic carbocycles. The molecule has 0 heterocycles. The first kappa shape index (κ1) is 56.1. The van der Waals surface area contributed by atoms with Crippen molar-refractivity contribution < 1.29 is 19.1 Å². The number of benzene rings is 12. The number of allylic oxidation sites excluding steroid dienone is 2. The van der Waals surface area contributed by atoms with Crippen LogP contribution in [-0.2, 0) is 35.3 Å². The van der Waals surface area contributed by atoms with Crippen LogP contribution in [0, 0.1) is 0 Å². The summed E-state index contributed by atoms with van der Waals surface area (Å²) in [5.41, 5.74) is 32.8. The molecular weight excluding hydrogens is 1130 g/mol. The number of fused-ring (bicyclic) bond motifs is 15. The summed E-state index contributed by atoms with van der Waals surface area (Å²) < 4.78 is 11.3. The Hall–Kier alpha value is -10.9. The molecule has 5 aliphatic carbocycles. The van der Waals surface area contributed by atoms with Gasteiger partial charge in [0, 0.05) is 28.4 Å². The lowest BCUT2D eigenvalue weighted by Crippen LogP contribution is -2.23. The van der Waals surface area contributed by atoms with Crippen molar-refractivity contribution in [2.24, 2.45) is 0 Å². The molecule has 17 rings (SSSR count). The van der Waals surface area contributed by atoms with Crippen molar-refractivity contribution in [3.8, 4) is 122 Å². The molecule has 2 unspecified atom stereocenters. The van der Waals surface area contributed by atoms with Gasteiger partial charge in [0.1, 0.15) is 0 Å². The largest absolute Gasteiger partial charge is 0.463 e. The van der Waals surface area contributed by atoms with Gasteiger partial charge in [-0.05, 0) is 239 Å². The van der Waals surface area contributed by atoms with Gasteiger partial charge >= 0.3 is 11.9 Å². The molecule has 0 fully saturated rings. The Morgan fingerprint density at radius 1 is 0.323 bits per heavy atom. The molecular formula is C89H66O4. The van der Waals surface area contributed by atoms with Gasteiger partial charge in [0.05, 0.1) is 13.2 Å². The third-order valence-electron chi connectivity index (χ3n) is 21.6. The molecule has 446 valence electrons. The number of hydrogen-bond acceptors (Lipinski definition) is 4. The van der Waals surface area contributed by atoms with E-state index in [9.17, 15) is 9.59 Å². The zero-order chi connectivity index (χ0) is 63.1. The van der Waals surface area contributed by atoms with Gasteiger partial charge in [0.15, 0.2) is 0 Å². The van der Waals surface area contributed by atoms with Gasteiger partial charge in [-0.15, -0.1) is 13.2 Å². The van der Waals surface area contributed by atoms with Gasteiger partial charge < -0.3 is 9.47 Å². The van der Waals surface area contributed by atoms with Crippen molar-refractivity contribution in [1.82, 2.24) is 0 Å². The highest BCUT2D eigenvalue weighted by Crippen LogP contribution is 2.59. The van der Waals surface area contributed by atoms with Crippen LogP contribution in [0.4, 0.5) is 0 Å². The molecule has 0 saturated heterocycles. The van der Waals surface area contributed by atoms with Crippen LogP contribution in [0.1, 0.15) is 72.9 Å². The fourth-order valence-corrected chi connectivity index (χ4v) is 17.1. The third-order valence-corrected chi connectivity index (χ3v) is 21.6. The van der Waals surface area contributed by atoms with Crippen LogP contribution in [0.15, 0.2) is 269 Å². The first-order valence-corrected chi connectivity index (χ1v) is 32.5. The first-order chi connectivity index (χ1) is 45.5. The summed E-state index contributed by atoms with van der Waals surface area (Å²) in [6, 6.07) is 82.1. The SMILES string of the molecule is C=CC(=O)OCCCC1(C=C)c2cc(-c3ccc4c(c3)C(C)(C)c3cc(-c5ccc6c(c5)C(C=C)(CCCOC(=O)C=C)c5cc(-c7ccc8c9c(cccc79)-c7ccccc7-8)ccc5-6)ccc3-4)ccc2-c2ccc(-c3ccc4c5c(cccc35)-c3ccccc3-4)cc21. The van der Waals surface area contributed by atoms with E-state index in [1.54, 1.807) is 0 Å². The second-order valence-corrected chi connectivity index (χ2v) is 26.4. The van der Waals surface area contributed by atoms with Crippen molar-refractivity contribution in [2.75, 3.05) is 13.2 Å². The maximum Gasteiger partial charge on any atom is 0.330 e. The fourth-order valence-electron chi connectivity index (χ4n) is 17.1. The Bertz CT molecular complexity index is 4950. The molecule has 0 bridgehead atoms. The molecule has 93 heavy (non-hydrogen) atoms. The summed E-state index contributed by atoms with van der Waals surface area (Å²) in [5.74, 6) is -0.831. The molecule has 0 radical (unpaired) electrons. The maximum atomic E-state index is 12.4. The van der Waals surface area contributed by atoms with Crippen molar-refractivity contribution >= 4 is 33.5 Å². The van der Waals surface area contributed by atoms with Crippen molar-refractivity contribution in [2.45, 2.75) is 55.8 Å². The first-order valence-electron chi connectivity index (χ1n) is 32.5. The average molecular weight is 1200 g/mol. The molecule has 2 atom stereocenters. The topological polar surface area (TPSA) is 52.6 Å². The minimum atomic E-state index is -0.563. The number of rotatable bonds is 16. The lowest BCUT2D eigenvalue weighted by atomic mass is 9.73. The minimum Gasteiger partial charge on any atom is -0.463 e. The molecule has 0 saturated carbocycles. The van der Waals surface area contributed by atoms with Gasteiger partial charge in [0.25, 0.3) is 0 Å². The summed E-state index contributed by atoms with van der Waals surface area (Å²) >= 11 is 0. The van der Waals surface area contributed by atoms with Crippen LogP contribution in [0.2, 0.25) is 0 Å². The van der Waals surface area contributed by atoms with Crippen molar-refractivity contribution in [3.63, 3.8) is 0 Å². The normalized spacial score (nSPS) is 16.3. The lowest BCUT2D eigenvalue weighted by molar-refractivity contribution is -0.138. The quantitative estimate of drug-likeness (QED) is 0.0419. The van der Waals surface area contributed by atoms with Gasteiger partial charge in [-0.3, -0.25) is 0 Å². The van der Waals surface area contributed by atoms with E-state index in [-0.39, 0.29) is 18.6 Å². The van der Waals surface area contributed by atoms with Crippen LogP contribution in [0.25, 0.3) is 144 Å². The van der Waals surface area contributed by atoms with Crippen LogP contribution in [-0.4, -0.2) is 25.2 Å². The highest BCUT2D eigenvalue weighted by Gasteiger charge is 2.44. The number of hydrogen-bond donors (Lipinski definition) is 0. The van der Waals surface area contributed by atoms with E-state index in [4.69, 9.17) is 9.47 Å². The maximum absolute atomic E-state index is 12.4. The second-order valence-electron chi connectivity index (χ2n) is 26.4. The fraction of sp³-hybridized carbons (Fsp3) is 0.124. The van der Waals surface area contributed by atoms with Gasteiger partial charge in [-0.2, -0.15) is 0 Å². The Morgan fingerprint density at radius 2 is 0.602 bits per heavy atom. The average Bonchev–Trinajstić information content (AvgIpc) is 1.58. The van der Waals surface area contributed by atoms with E-state index in [0.29, 0.717) is 25.7 Å². The van der Waals surface area contributed by atoms with E-state index >= 15 is 0 Å². The minimum absolute atomic E-state index is 0.279. The summed E-state index contributed by atoms with van der Waals surface area (Å²) in [4.78, 5) is 24.7. The van der Waals surface area contributed by atoms with Crippen molar-refractivity contribution in [3.05, 3.63) is 302 Å². The number of ether oxygens (including phenoxy) is 2. The molecule has 0 aliphatic heterocycles. The predicted molar refractivity (Wildman–Crippen MR) is 383 cm³/mol. The Labute approximate surface area is 543 Å². The molecule has 4 nitrogen and oxygen atoms in total. The smallest absolute Gasteiger partial charge is 0.330 e. The van der Waals surface area contributed by atoms with Crippen LogP contribution in [0.3, 0.4) is 0 Å². The summed E-state index contributed by atoms with van der Waals surface area (Å²) in [7, 11) is 0. The number of esters is 2. The van der Waals surface area contributed by atoms with E-state index in [1.165, 1.54) is 156 Å². The van der Waals surface area contributed by atoms with E-state index in [2.05, 4.69) is 271 Å². The zero-order valence-corrected chi connectivity index (χ0v) is 52.3. The number of carbonyl (C=O) groups is 2. The lowest BCUT2D eigenvalue weighted by Gasteiger charge is -2.29. The third kappa shape index (κ3) is 8.17. The molecule has 0 spiro atoms. The Balaban J connectivity index is 0.708. The van der Waals surface area contributed by atoms with Gasteiger partial charge in [0.2, 0.25) is 0 Å². The number of carbonyl (C=O) groups excluding carboxylic acids is 2. The summed E-state index contributed by atoms with van der Waals surface area (Å²) in [5, 5.41) is 5.09. The standard InChI is InChI=1S/C89H66O4/c1-7-83(90)92-45-17-43-88(9-3)79-49-55(29-35-67(79)69-37-31-57(51-81(69)88)59-39-41-75-63-21-13-11-19-61(63)73-25-15-23-71(59)85(73)75)53-27-33-65-66-34-28-54(48-78(66)87(5,6)77(65)47-53)56-30-36-68-70-38-32-58(52-82(70)89(10-4,80(68)50-56)44-18-46-93-84(91)8-2)60-40-42-76-64-22-14-12-20-62(64)74-26-16-24-72(60)86(74)76/h7-16,19-42,47-52H,1-4,17-18,43-46H2,5-6H3. The molecule has 4 heteroatoms. The highest BCUT2D eigenvalue weighted by molar-refractivity contribution is 6.20. The molecule has 0 N–H and O–H groups in total. The molecule has 5 aliphatic rings. The second kappa shape index (κ2) is 21.1. The molecule has 0 aromatic heterocycles. The van der Waals surface area contributed by atoms with Gasteiger partial charge in [-0.25, -0.2) is 9.59 Å². The Kier molecular flexibility index (Phi) is 12.7. The summed E-state index contributed by atoms with van der Waals surface area (Å²) in [6.07, 6.45) is 9.41. The monoisotopic (exact) mass is 1200 g/mol. The highest BCUT2D eigenvalue weighted by atomic mass is 16.5. The van der Waals surface area contributed by atoms with Crippen LogP contribution < -0.4 is 0 Å². The summed E-state index contributed by atoms with van der Waals surface area (Å²) in [6.45, 7) is 21.8. The molecule has 0 amide bonds. The molecule has 12 aromatic rings. The Morgan fingerprint density at radius 3 is 0.946 bits per heavy atom. The van der Waals surface area contributed by atoms with Crippen LogP contribution in [0.5, 0.6) is 0 Å². The van der Waals surface area contributed by atoms with Crippen LogP contribution >= 0.6 is 0 Å². The van der Waals surface area contributed by atoms with Gasteiger partial charge in [-0.1, -0.05) is 221 Å². The van der Waals surface area contributed by atoms with Crippen molar-refractivity contribution in [1.29, 1.82) is 0 Å².